The molecule has 0 spiro atoms. The van der Waals surface area contributed by atoms with Gasteiger partial charge in [0.15, 0.2) is 0 Å². The molecule has 76 valence electrons. The number of hydrogen-bond donors (Lipinski definition) is 0. The molecule has 1 saturated carbocycles. The molecule has 1 nitrogen and oxygen atoms in total. The summed E-state index contributed by atoms with van der Waals surface area (Å²) in [4.78, 5) is 2.63. The second kappa shape index (κ2) is 4.18. The lowest BCUT2D eigenvalue weighted by Gasteiger charge is -2.37. The Morgan fingerprint density at radius 3 is 2.46 bits per heavy atom. The van der Waals surface area contributed by atoms with Gasteiger partial charge in [0.25, 0.3) is 0 Å². The first-order valence-electron chi connectivity index (χ1n) is 5.65. The highest BCUT2D eigenvalue weighted by Gasteiger charge is 2.30. The van der Waals surface area contributed by atoms with Gasteiger partial charge < -0.3 is 0 Å². The second-order valence-corrected chi connectivity index (χ2v) is 5.28. The summed E-state index contributed by atoms with van der Waals surface area (Å²) in [6.07, 6.45) is 6.99. The molecular formula is C11H20ClN. The van der Waals surface area contributed by atoms with Crippen LogP contribution in [-0.4, -0.2) is 29.4 Å². The van der Waals surface area contributed by atoms with Gasteiger partial charge in [0.2, 0.25) is 0 Å². The number of halogens is 1. The van der Waals surface area contributed by atoms with E-state index in [9.17, 15) is 0 Å². The van der Waals surface area contributed by atoms with Crippen LogP contribution in [0.1, 0.15) is 39.0 Å². The van der Waals surface area contributed by atoms with Crippen LogP contribution in [0, 0.1) is 5.92 Å². The highest BCUT2D eigenvalue weighted by atomic mass is 35.5. The Morgan fingerprint density at radius 2 is 1.85 bits per heavy atom. The van der Waals surface area contributed by atoms with Crippen LogP contribution in [0.4, 0.5) is 0 Å². The van der Waals surface area contributed by atoms with E-state index in [0.717, 1.165) is 18.5 Å². The zero-order chi connectivity index (χ0) is 9.26. The first-order chi connectivity index (χ1) is 6.27. The highest BCUT2D eigenvalue weighted by molar-refractivity contribution is 6.21. The molecule has 2 rings (SSSR count). The Bertz CT molecular complexity index is 165. The summed E-state index contributed by atoms with van der Waals surface area (Å²) in [5.41, 5.74) is 0. The van der Waals surface area contributed by atoms with E-state index < -0.39 is 0 Å². The van der Waals surface area contributed by atoms with E-state index in [0.29, 0.717) is 5.38 Å². The van der Waals surface area contributed by atoms with Gasteiger partial charge in [0.1, 0.15) is 0 Å². The average molecular weight is 202 g/mol. The molecule has 0 amide bonds. The zero-order valence-electron chi connectivity index (χ0n) is 8.51. The first kappa shape index (κ1) is 9.79. The number of nitrogens with zero attached hydrogens (tertiary/aromatic N) is 1. The Balaban J connectivity index is 1.87. The van der Waals surface area contributed by atoms with E-state index in [4.69, 9.17) is 11.6 Å². The minimum Gasteiger partial charge on any atom is -0.299 e. The summed E-state index contributed by atoms with van der Waals surface area (Å²) in [6, 6.07) is 0.869. The molecule has 0 aromatic carbocycles. The number of rotatable bonds is 1. The Hall–Kier alpha value is 0.250. The maximum Gasteiger partial charge on any atom is 0.0489 e. The van der Waals surface area contributed by atoms with Crippen LogP contribution in [0.25, 0.3) is 0 Å². The molecule has 2 aliphatic rings. The number of hydrogen-bond acceptors (Lipinski definition) is 1. The number of piperidine rings is 1. The molecule has 0 radical (unpaired) electrons. The summed E-state index contributed by atoms with van der Waals surface area (Å²) in [5.74, 6) is 0.722. The average Bonchev–Trinajstić information content (AvgIpc) is 2.62. The molecule has 2 heteroatoms. The van der Waals surface area contributed by atoms with Crippen LogP contribution in [0.15, 0.2) is 0 Å². The van der Waals surface area contributed by atoms with E-state index in [1.807, 2.05) is 0 Å². The minimum atomic E-state index is 0.398. The Kier molecular flexibility index (Phi) is 3.15. The van der Waals surface area contributed by atoms with Gasteiger partial charge in [-0.1, -0.05) is 19.8 Å². The largest absolute Gasteiger partial charge is 0.299 e. The van der Waals surface area contributed by atoms with Gasteiger partial charge in [0.05, 0.1) is 0 Å². The smallest absolute Gasteiger partial charge is 0.0489 e. The fourth-order valence-electron chi connectivity index (χ4n) is 2.65. The summed E-state index contributed by atoms with van der Waals surface area (Å²) < 4.78 is 0. The lowest BCUT2D eigenvalue weighted by molar-refractivity contribution is 0.143. The predicted octanol–water partition coefficient (Wildman–Crippen LogP) is 2.88. The molecule has 1 aliphatic heterocycles. The van der Waals surface area contributed by atoms with Crippen LogP contribution >= 0.6 is 11.6 Å². The topological polar surface area (TPSA) is 3.24 Å². The molecule has 2 fully saturated rings. The van der Waals surface area contributed by atoms with E-state index in [1.165, 1.54) is 38.6 Å². The SMILES string of the molecule is CC1CCN(C2CCCC2)CC1Cl. The maximum absolute atomic E-state index is 6.30. The van der Waals surface area contributed by atoms with Crippen LogP contribution in [0.3, 0.4) is 0 Å². The first-order valence-corrected chi connectivity index (χ1v) is 6.09. The van der Waals surface area contributed by atoms with Crippen molar-refractivity contribution in [3.8, 4) is 0 Å². The zero-order valence-corrected chi connectivity index (χ0v) is 9.26. The third-order valence-corrected chi connectivity index (χ3v) is 4.31. The molecule has 0 bridgehead atoms. The van der Waals surface area contributed by atoms with Gasteiger partial charge in [-0.25, -0.2) is 0 Å². The molecule has 0 N–H and O–H groups in total. The van der Waals surface area contributed by atoms with Crippen LogP contribution in [0.2, 0.25) is 0 Å². The van der Waals surface area contributed by atoms with Crippen molar-refractivity contribution in [3.05, 3.63) is 0 Å². The van der Waals surface area contributed by atoms with Crippen LogP contribution < -0.4 is 0 Å². The maximum atomic E-state index is 6.30. The van der Waals surface area contributed by atoms with Crippen LogP contribution in [-0.2, 0) is 0 Å². The highest BCUT2D eigenvalue weighted by Crippen LogP contribution is 2.29. The number of alkyl halides is 1. The molecule has 0 aromatic rings. The van der Waals surface area contributed by atoms with Crippen LogP contribution in [0.5, 0.6) is 0 Å². The van der Waals surface area contributed by atoms with Gasteiger partial charge in [-0.15, -0.1) is 11.6 Å². The van der Waals surface area contributed by atoms with E-state index in [-0.39, 0.29) is 0 Å². The monoisotopic (exact) mass is 201 g/mol. The standard InChI is InChI=1S/C11H20ClN/c1-9-6-7-13(8-11(9)12)10-4-2-3-5-10/h9-11H,2-8H2,1H3. The van der Waals surface area contributed by atoms with E-state index in [2.05, 4.69) is 11.8 Å². The summed E-state index contributed by atoms with van der Waals surface area (Å²) in [5, 5.41) is 0.398. The van der Waals surface area contributed by atoms with Gasteiger partial charge >= 0.3 is 0 Å². The van der Waals surface area contributed by atoms with E-state index >= 15 is 0 Å². The number of likely N-dealkylation sites (tertiary alicyclic amines) is 1. The van der Waals surface area contributed by atoms with Gasteiger partial charge in [-0.05, 0) is 31.7 Å². The lowest BCUT2D eigenvalue weighted by Crippen LogP contribution is -2.45. The van der Waals surface area contributed by atoms with Gasteiger partial charge in [-0.2, -0.15) is 0 Å². The normalized spacial score (nSPS) is 38.3. The fourth-order valence-corrected chi connectivity index (χ4v) is 2.95. The van der Waals surface area contributed by atoms with Crippen molar-refractivity contribution in [2.45, 2.75) is 50.4 Å². The quantitative estimate of drug-likeness (QED) is 0.590. The Morgan fingerprint density at radius 1 is 1.15 bits per heavy atom. The summed E-state index contributed by atoms with van der Waals surface area (Å²) >= 11 is 6.30. The molecule has 1 aliphatic carbocycles. The summed E-state index contributed by atoms with van der Waals surface area (Å²) in [6.45, 7) is 4.70. The molecule has 0 aromatic heterocycles. The fraction of sp³-hybridized carbons (Fsp3) is 1.00. The summed E-state index contributed by atoms with van der Waals surface area (Å²) in [7, 11) is 0. The predicted molar refractivity (Wildman–Crippen MR) is 57.3 cm³/mol. The van der Waals surface area contributed by atoms with Crippen molar-refractivity contribution >= 4 is 11.6 Å². The van der Waals surface area contributed by atoms with Crippen molar-refractivity contribution < 1.29 is 0 Å². The van der Waals surface area contributed by atoms with Gasteiger partial charge in [0, 0.05) is 18.0 Å². The minimum absolute atomic E-state index is 0.398. The third-order valence-electron chi connectivity index (χ3n) is 3.74. The van der Waals surface area contributed by atoms with Crippen molar-refractivity contribution in [2.75, 3.05) is 13.1 Å². The second-order valence-electron chi connectivity index (χ2n) is 4.72. The molecule has 1 saturated heterocycles. The van der Waals surface area contributed by atoms with Crippen molar-refractivity contribution in [1.82, 2.24) is 4.90 Å². The van der Waals surface area contributed by atoms with E-state index in [1.54, 1.807) is 0 Å². The van der Waals surface area contributed by atoms with Gasteiger partial charge in [-0.3, -0.25) is 4.90 Å². The molecule has 13 heavy (non-hydrogen) atoms. The molecule has 1 heterocycles. The molecule has 2 atom stereocenters. The molecular weight excluding hydrogens is 182 g/mol. The Labute approximate surface area is 86.4 Å². The molecule has 2 unspecified atom stereocenters. The van der Waals surface area contributed by atoms with Crippen molar-refractivity contribution in [1.29, 1.82) is 0 Å². The third kappa shape index (κ3) is 2.19. The van der Waals surface area contributed by atoms with Crippen molar-refractivity contribution in [2.24, 2.45) is 5.92 Å². The van der Waals surface area contributed by atoms with Crippen molar-refractivity contribution in [3.63, 3.8) is 0 Å². The lowest BCUT2D eigenvalue weighted by atomic mass is 9.97.